The van der Waals surface area contributed by atoms with Gasteiger partial charge in [0, 0.05) is 15.8 Å². The zero-order valence-corrected chi connectivity index (χ0v) is 17.5. The summed E-state index contributed by atoms with van der Waals surface area (Å²) < 4.78 is 33.4. The highest BCUT2D eigenvalue weighted by molar-refractivity contribution is 7.94. The van der Waals surface area contributed by atoms with Crippen molar-refractivity contribution in [2.24, 2.45) is 0 Å². The molecule has 0 saturated carbocycles. The third-order valence-corrected chi connectivity index (χ3v) is 8.13. The summed E-state index contributed by atoms with van der Waals surface area (Å²) >= 11 is 2.45. The summed E-state index contributed by atoms with van der Waals surface area (Å²) in [7, 11) is -3.66. The molecular weight excluding hydrogens is 418 g/mol. The van der Waals surface area contributed by atoms with E-state index in [0.717, 1.165) is 16.9 Å². The second-order valence-corrected chi connectivity index (χ2v) is 10.1. The fourth-order valence-corrected chi connectivity index (χ4v) is 5.95. The van der Waals surface area contributed by atoms with Crippen molar-refractivity contribution < 1.29 is 17.9 Å². The van der Waals surface area contributed by atoms with Gasteiger partial charge in [0.05, 0.1) is 11.4 Å². The number of nitrogens with zero attached hydrogens (tertiary/aromatic N) is 1. The van der Waals surface area contributed by atoms with Crippen LogP contribution in [0, 0.1) is 0 Å². The average molecular weight is 436 g/mol. The summed E-state index contributed by atoms with van der Waals surface area (Å²) in [5.74, 6) is 0.384. The Bertz CT molecular complexity index is 1150. The molecule has 1 atom stereocenters. The third-order valence-electron chi connectivity index (χ3n) is 4.18. The van der Waals surface area contributed by atoms with Crippen molar-refractivity contribution in [2.75, 3.05) is 10.0 Å². The predicted molar refractivity (Wildman–Crippen MR) is 111 cm³/mol. The van der Waals surface area contributed by atoms with Gasteiger partial charge in [-0.25, -0.2) is 13.4 Å². The summed E-state index contributed by atoms with van der Waals surface area (Å²) in [6.45, 7) is 3.66. The first kappa shape index (κ1) is 18.9. The molecule has 1 amide bonds. The van der Waals surface area contributed by atoms with Crippen molar-refractivity contribution in [2.45, 2.75) is 30.6 Å². The van der Waals surface area contributed by atoms with Crippen LogP contribution in [0.5, 0.6) is 5.75 Å². The molecule has 0 aliphatic carbocycles. The number of hydrogen-bond acceptors (Lipinski definition) is 7. The quantitative estimate of drug-likeness (QED) is 0.632. The van der Waals surface area contributed by atoms with Crippen LogP contribution in [-0.4, -0.2) is 25.4 Å². The SMILES string of the molecule is CCc1ccc(S(=O)(=O)Nc2nc(-c3ccc4c(c3)NC(=O)C(C)O4)cs2)s1. The minimum atomic E-state index is -3.66. The van der Waals surface area contributed by atoms with Gasteiger partial charge in [-0.2, -0.15) is 0 Å². The van der Waals surface area contributed by atoms with Gasteiger partial charge < -0.3 is 10.1 Å². The lowest BCUT2D eigenvalue weighted by atomic mass is 10.1. The average Bonchev–Trinajstić information content (AvgIpc) is 3.32. The van der Waals surface area contributed by atoms with Crippen molar-refractivity contribution in [3.8, 4) is 17.0 Å². The van der Waals surface area contributed by atoms with Crippen LogP contribution in [0.25, 0.3) is 11.3 Å². The minimum absolute atomic E-state index is 0.209. The van der Waals surface area contributed by atoms with Crippen molar-refractivity contribution in [1.29, 1.82) is 0 Å². The molecule has 10 heteroatoms. The molecule has 0 fully saturated rings. The second kappa shape index (κ2) is 7.19. The number of carbonyl (C=O) groups is 1. The van der Waals surface area contributed by atoms with Gasteiger partial charge in [0.15, 0.2) is 11.2 Å². The Morgan fingerprint density at radius 3 is 2.86 bits per heavy atom. The van der Waals surface area contributed by atoms with E-state index in [1.54, 1.807) is 30.5 Å². The van der Waals surface area contributed by atoms with E-state index in [9.17, 15) is 13.2 Å². The molecule has 1 aliphatic rings. The Hall–Kier alpha value is -2.43. The Kier molecular flexibility index (Phi) is 4.86. The Morgan fingerprint density at radius 1 is 1.29 bits per heavy atom. The Morgan fingerprint density at radius 2 is 2.11 bits per heavy atom. The summed E-state index contributed by atoms with van der Waals surface area (Å²) in [5, 5.41) is 4.84. The number of amides is 1. The number of fused-ring (bicyclic) bond motifs is 1. The molecule has 146 valence electrons. The van der Waals surface area contributed by atoms with Crippen molar-refractivity contribution in [3.05, 3.63) is 40.6 Å². The number of benzene rings is 1. The molecule has 0 bridgehead atoms. The first-order valence-corrected chi connectivity index (χ1v) is 11.7. The molecule has 3 aromatic rings. The van der Waals surface area contributed by atoms with Crippen LogP contribution in [0.1, 0.15) is 18.7 Å². The fourth-order valence-electron chi connectivity index (χ4n) is 2.68. The van der Waals surface area contributed by atoms with E-state index in [1.807, 2.05) is 19.1 Å². The molecule has 3 heterocycles. The highest BCUT2D eigenvalue weighted by Gasteiger charge is 2.24. The highest BCUT2D eigenvalue weighted by atomic mass is 32.2. The molecule has 1 aliphatic heterocycles. The zero-order chi connectivity index (χ0) is 19.9. The molecule has 4 rings (SSSR count). The van der Waals surface area contributed by atoms with E-state index in [4.69, 9.17) is 4.74 Å². The second-order valence-electron chi connectivity index (χ2n) is 6.18. The third kappa shape index (κ3) is 3.62. The summed E-state index contributed by atoms with van der Waals surface area (Å²) in [6, 6.07) is 8.77. The molecule has 1 aromatic carbocycles. The van der Waals surface area contributed by atoms with Crippen LogP contribution in [-0.2, 0) is 21.2 Å². The van der Waals surface area contributed by atoms with Crippen LogP contribution in [0.2, 0.25) is 0 Å². The number of carbonyl (C=O) groups excluding carboxylic acids is 1. The van der Waals surface area contributed by atoms with E-state index >= 15 is 0 Å². The zero-order valence-electron chi connectivity index (χ0n) is 15.1. The predicted octanol–water partition coefficient (Wildman–Crippen LogP) is 3.95. The summed E-state index contributed by atoms with van der Waals surface area (Å²) in [4.78, 5) is 17.2. The van der Waals surface area contributed by atoms with Gasteiger partial charge in [-0.3, -0.25) is 9.52 Å². The van der Waals surface area contributed by atoms with Crippen LogP contribution in [0.3, 0.4) is 0 Å². The number of thiophene rings is 1. The van der Waals surface area contributed by atoms with Gasteiger partial charge in [0.1, 0.15) is 9.96 Å². The molecular formula is C18H17N3O4S3. The molecule has 0 radical (unpaired) electrons. The van der Waals surface area contributed by atoms with E-state index in [0.29, 0.717) is 17.1 Å². The smallest absolute Gasteiger partial charge is 0.273 e. The molecule has 28 heavy (non-hydrogen) atoms. The Labute approximate surface area is 170 Å². The number of aromatic nitrogens is 1. The van der Waals surface area contributed by atoms with E-state index in [2.05, 4.69) is 15.0 Å². The van der Waals surface area contributed by atoms with Gasteiger partial charge in [0.25, 0.3) is 15.9 Å². The van der Waals surface area contributed by atoms with Gasteiger partial charge in [-0.15, -0.1) is 22.7 Å². The van der Waals surface area contributed by atoms with E-state index in [1.165, 1.54) is 22.7 Å². The van der Waals surface area contributed by atoms with E-state index in [-0.39, 0.29) is 15.2 Å². The molecule has 0 spiro atoms. The topological polar surface area (TPSA) is 97.4 Å². The highest BCUT2D eigenvalue weighted by Crippen LogP contribution is 2.35. The summed E-state index contributed by atoms with van der Waals surface area (Å²) in [6.07, 6.45) is 0.253. The van der Waals surface area contributed by atoms with Gasteiger partial charge >= 0.3 is 0 Å². The number of anilines is 2. The number of rotatable bonds is 5. The number of hydrogen-bond donors (Lipinski definition) is 2. The number of aryl methyl sites for hydroxylation is 1. The molecule has 7 nitrogen and oxygen atoms in total. The van der Waals surface area contributed by atoms with Crippen molar-refractivity contribution >= 4 is 49.4 Å². The van der Waals surface area contributed by atoms with Crippen LogP contribution >= 0.6 is 22.7 Å². The van der Waals surface area contributed by atoms with Crippen LogP contribution in [0.4, 0.5) is 10.8 Å². The molecule has 1 unspecified atom stereocenters. The van der Waals surface area contributed by atoms with E-state index < -0.39 is 16.1 Å². The standard InChI is InChI=1S/C18H17N3O4S3/c1-3-12-5-7-16(27-12)28(23,24)21-18-20-14(9-26-18)11-4-6-15-13(8-11)19-17(22)10(2)25-15/h4-10H,3H2,1-2H3,(H,19,22)(H,20,21). The number of nitrogens with one attached hydrogen (secondary N) is 2. The lowest BCUT2D eigenvalue weighted by molar-refractivity contribution is -0.122. The number of ether oxygens (including phenoxy) is 1. The van der Waals surface area contributed by atoms with Crippen LogP contribution < -0.4 is 14.8 Å². The lowest BCUT2D eigenvalue weighted by Gasteiger charge is -2.23. The van der Waals surface area contributed by atoms with Gasteiger partial charge in [0.2, 0.25) is 0 Å². The minimum Gasteiger partial charge on any atom is -0.479 e. The molecule has 0 saturated heterocycles. The first-order chi connectivity index (χ1) is 13.4. The van der Waals surface area contributed by atoms with Gasteiger partial charge in [-0.1, -0.05) is 6.92 Å². The summed E-state index contributed by atoms with van der Waals surface area (Å²) in [5.41, 5.74) is 1.93. The van der Waals surface area contributed by atoms with Gasteiger partial charge in [-0.05, 0) is 43.7 Å². The lowest BCUT2D eigenvalue weighted by Crippen LogP contribution is -2.34. The maximum atomic E-state index is 12.5. The number of sulfonamides is 1. The largest absolute Gasteiger partial charge is 0.479 e. The first-order valence-electron chi connectivity index (χ1n) is 8.54. The van der Waals surface area contributed by atoms with Crippen LogP contribution in [0.15, 0.2) is 39.9 Å². The number of thiazole rings is 1. The fraction of sp³-hybridized carbons (Fsp3) is 0.222. The monoisotopic (exact) mass is 435 g/mol. The Balaban J connectivity index is 1.56. The molecule has 2 aromatic heterocycles. The normalized spacial score (nSPS) is 16.2. The van der Waals surface area contributed by atoms with Crippen molar-refractivity contribution in [1.82, 2.24) is 4.98 Å². The molecule has 2 N–H and O–H groups in total. The maximum absolute atomic E-state index is 12.5. The maximum Gasteiger partial charge on any atom is 0.273 e. The van der Waals surface area contributed by atoms with Crippen molar-refractivity contribution in [3.63, 3.8) is 0 Å².